The lowest BCUT2D eigenvalue weighted by molar-refractivity contribution is -0.116. The largest absolute Gasteiger partial charge is 0.491 e. The molecule has 2 heterocycles. The molecule has 3 atom stereocenters. The fourth-order valence-electron chi connectivity index (χ4n) is 4.22. The van der Waals surface area contributed by atoms with Crippen LogP contribution in [0.2, 0.25) is 0 Å². The molecule has 1 aliphatic heterocycles. The molecular formula is C27H36N4O5. The number of anilines is 1. The minimum atomic E-state index is -0.304. The first kappa shape index (κ1) is 27.1. The highest BCUT2D eigenvalue weighted by atomic mass is 16.5. The van der Waals surface area contributed by atoms with Crippen LogP contribution < -0.4 is 10.1 Å². The smallest absolute Gasteiger partial charge is 0.272 e. The number of carbonyl (C=O) groups excluding carboxylic acids is 3. The van der Waals surface area contributed by atoms with Crippen molar-refractivity contribution in [1.29, 1.82) is 0 Å². The molecular weight excluding hydrogens is 460 g/mol. The summed E-state index contributed by atoms with van der Waals surface area (Å²) >= 11 is 0. The minimum Gasteiger partial charge on any atom is -0.491 e. The van der Waals surface area contributed by atoms with Crippen LogP contribution >= 0.6 is 0 Å². The summed E-state index contributed by atoms with van der Waals surface area (Å²) in [6, 6.07) is 9.98. The van der Waals surface area contributed by atoms with Crippen molar-refractivity contribution >= 4 is 23.4 Å². The molecule has 0 spiro atoms. The molecule has 1 N–H and O–H groups in total. The fraction of sp³-hybridized carbons (Fsp3) is 0.481. The van der Waals surface area contributed by atoms with Crippen LogP contribution in [0, 0.1) is 5.92 Å². The molecule has 1 aromatic heterocycles. The number of hydrogen-bond donors (Lipinski definition) is 1. The lowest BCUT2D eigenvalue weighted by Crippen LogP contribution is -2.48. The van der Waals surface area contributed by atoms with E-state index in [0.29, 0.717) is 42.2 Å². The van der Waals surface area contributed by atoms with Gasteiger partial charge < -0.3 is 24.6 Å². The molecule has 36 heavy (non-hydrogen) atoms. The first-order valence-electron chi connectivity index (χ1n) is 12.3. The van der Waals surface area contributed by atoms with Crippen molar-refractivity contribution in [2.24, 2.45) is 5.92 Å². The van der Waals surface area contributed by atoms with E-state index < -0.39 is 0 Å². The summed E-state index contributed by atoms with van der Waals surface area (Å²) in [5.41, 5.74) is 1.23. The zero-order valence-electron chi connectivity index (χ0n) is 21.7. The molecule has 3 rings (SSSR count). The maximum atomic E-state index is 13.4. The number of hydrogen-bond acceptors (Lipinski definition) is 6. The third-order valence-corrected chi connectivity index (χ3v) is 6.35. The molecule has 2 aromatic rings. The molecule has 1 aliphatic rings. The Hall–Kier alpha value is -3.46. The Morgan fingerprint density at radius 3 is 2.64 bits per heavy atom. The minimum absolute atomic E-state index is 0.0704. The summed E-state index contributed by atoms with van der Waals surface area (Å²) in [7, 11) is 3.32. The first-order valence-corrected chi connectivity index (χ1v) is 12.3. The fourth-order valence-corrected chi connectivity index (χ4v) is 4.22. The summed E-state index contributed by atoms with van der Waals surface area (Å²) in [6.07, 6.45) is 2.41. The second-order valence-corrected chi connectivity index (χ2v) is 9.28. The van der Waals surface area contributed by atoms with Crippen LogP contribution in [0.4, 0.5) is 5.69 Å². The lowest BCUT2D eigenvalue weighted by Gasteiger charge is -2.36. The summed E-state index contributed by atoms with van der Waals surface area (Å²) in [5, 5.41) is 2.84. The number of nitrogens with one attached hydrogen (secondary N) is 1. The van der Waals surface area contributed by atoms with Crippen molar-refractivity contribution in [3.05, 3.63) is 53.9 Å². The molecule has 3 amide bonds. The highest BCUT2D eigenvalue weighted by Gasteiger charge is 2.31. The standard InChI is InChI=1S/C27H36N4O5/c1-6-9-25(32)29-20-11-12-23-21(14-20)26(33)30(4)16-24(35-5)18(2)15-31(19(3)17-36-23)27(34)22-10-7-8-13-28-22/h7-8,10-14,18-19,24H,6,9,15-17H2,1-5H3,(H,29,32)/t18-,19-,24+/m0/s1. The van der Waals surface area contributed by atoms with Gasteiger partial charge in [0.15, 0.2) is 0 Å². The van der Waals surface area contributed by atoms with Crippen molar-refractivity contribution in [1.82, 2.24) is 14.8 Å². The molecule has 0 unspecified atom stereocenters. The first-order chi connectivity index (χ1) is 17.2. The molecule has 0 saturated carbocycles. The van der Waals surface area contributed by atoms with E-state index in [4.69, 9.17) is 9.47 Å². The number of likely N-dealkylation sites (N-methyl/N-ethyl adjacent to an activating group) is 1. The number of amides is 3. The van der Waals surface area contributed by atoms with Crippen LogP contribution in [0.3, 0.4) is 0 Å². The molecule has 0 bridgehead atoms. The number of carbonyl (C=O) groups is 3. The topological polar surface area (TPSA) is 101 Å². The maximum Gasteiger partial charge on any atom is 0.272 e. The summed E-state index contributed by atoms with van der Waals surface area (Å²) < 4.78 is 11.8. The number of nitrogens with zero attached hydrogens (tertiary/aromatic N) is 3. The highest BCUT2D eigenvalue weighted by molar-refractivity contribution is 5.99. The predicted octanol–water partition coefficient (Wildman–Crippen LogP) is 3.47. The van der Waals surface area contributed by atoms with Gasteiger partial charge in [-0.05, 0) is 43.7 Å². The van der Waals surface area contributed by atoms with Gasteiger partial charge in [-0.15, -0.1) is 0 Å². The van der Waals surface area contributed by atoms with Crippen LogP contribution in [0.1, 0.15) is 54.5 Å². The Kier molecular flexibility index (Phi) is 9.41. The van der Waals surface area contributed by atoms with Gasteiger partial charge in [0.05, 0.1) is 17.7 Å². The van der Waals surface area contributed by atoms with Gasteiger partial charge in [-0.25, -0.2) is 0 Å². The van der Waals surface area contributed by atoms with Crippen molar-refractivity contribution in [2.45, 2.75) is 45.8 Å². The van der Waals surface area contributed by atoms with Gasteiger partial charge in [-0.3, -0.25) is 19.4 Å². The number of methoxy groups -OCH3 is 1. The van der Waals surface area contributed by atoms with Crippen molar-refractivity contribution in [2.75, 3.05) is 39.2 Å². The third kappa shape index (κ3) is 6.60. The Morgan fingerprint density at radius 2 is 1.97 bits per heavy atom. The van der Waals surface area contributed by atoms with Gasteiger partial charge in [0.1, 0.15) is 18.1 Å². The zero-order chi connectivity index (χ0) is 26.2. The van der Waals surface area contributed by atoms with Gasteiger partial charge in [0, 0.05) is 51.5 Å². The molecule has 9 heteroatoms. The maximum absolute atomic E-state index is 13.4. The molecule has 0 saturated heterocycles. The van der Waals surface area contributed by atoms with Gasteiger partial charge in [0.25, 0.3) is 11.8 Å². The summed E-state index contributed by atoms with van der Waals surface area (Å²) in [6.45, 7) is 6.75. The van der Waals surface area contributed by atoms with Gasteiger partial charge in [-0.1, -0.05) is 19.9 Å². The SMILES string of the molecule is CCCC(=O)Nc1ccc2c(c1)C(=O)N(C)C[C@@H](OC)[C@@H](C)CN(C(=O)c1ccccn1)[C@@H](C)CO2. The average Bonchev–Trinajstić information content (AvgIpc) is 2.88. The van der Waals surface area contributed by atoms with E-state index >= 15 is 0 Å². The average molecular weight is 497 g/mol. The predicted molar refractivity (Wildman–Crippen MR) is 137 cm³/mol. The second kappa shape index (κ2) is 12.5. The third-order valence-electron chi connectivity index (χ3n) is 6.35. The molecule has 1 aromatic carbocycles. The molecule has 0 fully saturated rings. The lowest BCUT2D eigenvalue weighted by atomic mass is 10.0. The zero-order valence-corrected chi connectivity index (χ0v) is 21.7. The number of ether oxygens (including phenoxy) is 2. The molecule has 194 valence electrons. The van der Waals surface area contributed by atoms with Crippen LogP contribution in [-0.2, 0) is 9.53 Å². The van der Waals surface area contributed by atoms with E-state index in [-0.39, 0.29) is 42.4 Å². The van der Waals surface area contributed by atoms with Gasteiger partial charge in [0.2, 0.25) is 5.91 Å². The van der Waals surface area contributed by atoms with E-state index in [1.54, 1.807) is 66.6 Å². The van der Waals surface area contributed by atoms with Crippen LogP contribution in [-0.4, -0.2) is 78.5 Å². The Bertz CT molecular complexity index is 1060. The van der Waals surface area contributed by atoms with Crippen molar-refractivity contribution in [3.63, 3.8) is 0 Å². The Balaban J connectivity index is 1.96. The van der Waals surface area contributed by atoms with E-state index in [9.17, 15) is 14.4 Å². The van der Waals surface area contributed by atoms with Crippen LogP contribution in [0.5, 0.6) is 5.75 Å². The molecule has 9 nitrogen and oxygen atoms in total. The monoisotopic (exact) mass is 496 g/mol. The van der Waals surface area contributed by atoms with Crippen molar-refractivity contribution in [3.8, 4) is 5.75 Å². The number of aromatic nitrogens is 1. The summed E-state index contributed by atoms with van der Waals surface area (Å²) in [4.78, 5) is 46.5. The van der Waals surface area contributed by atoms with E-state index in [1.165, 1.54) is 0 Å². The number of rotatable bonds is 5. The second-order valence-electron chi connectivity index (χ2n) is 9.28. The Labute approximate surface area is 212 Å². The number of benzene rings is 1. The molecule has 0 radical (unpaired) electrons. The van der Waals surface area contributed by atoms with Gasteiger partial charge >= 0.3 is 0 Å². The summed E-state index contributed by atoms with van der Waals surface area (Å²) in [5.74, 6) is -0.221. The van der Waals surface area contributed by atoms with Crippen LogP contribution in [0.25, 0.3) is 0 Å². The van der Waals surface area contributed by atoms with Crippen molar-refractivity contribution < 1.29 is 23.9 Å². The van der Waals surface area contributed by atoms with E-state index in [2.05, 4.69) is 10.3 Å². The number of pyridine rings is 1. The quantitative estimate of drug-likeness (QED) is 0.680. The highest BCUT2D eigenvalue weighted by Crippen LogP contribution is 2.27. The molecule has 0 aliphatic carbocycles. The Morgan fingerprint density at radius 1 is 1.19 bits per heavy atom. The van der Waals surface area contributed by atoms with E-state index in [1.807, 2.05) is 20.8 Å². The van der Waals surface area contributed by atoms with Gasteiger partial charge in [-0.2, -0.15) is 0 Å². The normalized spacial score (nSPS) is 21.0. The van der Waals surface area contributed by atoms with E-state index in [0.717, 1.165) is 6.42 Å². The number of fused-ring (bicyclic) bond motifs is 1. The van der Waals surface area contributed by atoms with Crippen LogP contribution in [0.15, 0.2) is 42.6 Å².